The molecule has 2 N–H and O–H groups in total. The summed E-state index contributed by atoms with van der Waals surface area (Å²) in [5, 5.41) is 12.6. The Morgan fingerprint density at radius 1 is 1.13 bits per heavy atom. The van der Waals surface area contributed by atoms with Crippen LogP contribution in [0, 0.1) is 0 Å². The van der Waals surface area contributed by atoms with Gasteiger partial charge in [-0.25, -0.2) is 9.97 Å². The Kier molecular flexibility index (Phi) is 4.99. The molecule has 0 saturated carbocycles. The number of aromatic nitrogens is 3. The fourth-order valence-corrected chi connectivity index (χ4v) is 3.88. The zero-order valence-electron chi connectivity index (χ0n) is 17.6. The van der Waals surface area contributed by atoms with Gasteiger partial charge in [-0.1, -0.05) is 19.0 Å². The van der Waals surface area contributed by atoms with E-state index in [0.29, 0.717) is 11.5 Å². The monoisotopic (exact) mass is 416 g/mol. The first-order valence-corrected chi connectivity index (χ1v) is 10.5. The van der Waals surface area contributed by atoms with Crippen molar-refractivity contribution in [2.75, 3.05) is 31.5 Å². The van der Waals surface area contributed by atoms with Gasteiger partial charge in [-0.15, -0.1) is 0 Å². The third-order valence-corrected chi connectivity index (χ3v) is 5.55. The molecule has 2 aromatic heterocycles. The molecule has 8 nitrogen and oxygen atoms in total. The topological polar surface area (TPSA) is 96.2 Å². The molecule has 1 aliphatic heterocycles. The minimum atomic E-state index is 0.0612. The molecule has 1 amide bonds. The third-order valence-electron chi connectivity index (χ3n) is 5.55. The van der Waals surface area contributed by atoms with Crippen LogP contribution in [0.1, 0.15) is 35.8 Å². The first kappa shape index (κ1) is 19.4. The standard InChI is InChI=1S/C23H24N6O2/c1-14(2)20-19-18(31-28-20)8-5-16-13-25-23(27-21(16)19)26-17-6-3-15(4-7-17)22(30)29-11-9-24-10-12-29/h3-8,13-14,24H,9-12H2,1-2H3,(H,25,26,27). The van der Waals surface area contributed by atoms with Crippen molar-refractivity contribution in [3.8, 4) is 0 Å². The van der Waals surface area contributed by atoms with Crippen LogP contribution in [0.4, 0.5) is 11.6 Å². The molecule has 2 aromatic carbocycles. The predicted octanol–water partition coefficient (Wildman–Crippen LogP) is 3.68. The van der Waals surface area contributed by atoms with E-state index in [2.05, 4.69) is 34.6 Å². The molecule has 4 aromatic rings. The van der Waals surface area contributed by atoms with Crippen LogP contribution in [0.15, 0.2) is 47.1 Å². The number of carbonyl (C=O) groups excluding carboxylic acids is 1. The number of nitrogens with one attached hydrogen (secondary N) is 2. The number of benzene rings is 2. The molecule has 0 aliphatic carbocycles. The Bertz CT molecular complexity index is 1240. The molecule has 1 saturated heterocycles. The summed E-state index contributed by atoms with van der Waals surface area (Å²) in [5.74, 6) is 0.766. The lowest BCUT2D eigenvalue weighted by atomic mass is 10.0. The number of fused-ring (bicyclic) bond motifs is 3. The molecular weight excluding hydrogens is 392 g/mol. The molecule has 31 heavy (non-hydrogen) atoms. The number of amides is 1. The van der Waals surface area contributed by atoms with E-state index < -0.39 is 0 Å². The number of anilines is 2. The van der Waals surface area contributed by atoms with Gasteiger partial charge >= 0.3 is 0 Å². The van der Waals surface area contributed by atoms with Crippen LogP contribution in [-0.4, -0.2) is 52.1 Å². The first-order valence-electron chi connectivity index (χ1n) is 10.5. The van der Waals surface area contributed by atoms with E-state index in [1.54, 1.807) is 6.20 Å². The third kappa shape index (κ3) is 3.70. The number of hydrogen-bond donors (Lipinski definition) is 2. The van der Waals surface area contributed by atoms with Crippen LogP contribution >= 0.6 is 0 Å². The second-order valence-electron chi connectivity index (χ2n) is 8.04. The zero-order valence-corrected chi connectivity index (χ0v) is 17.6. The van der Waals surface area contributed by atoms with Crippen LogP contribution in [0.2, 0.25) is 0 Å². The van der Waals surface area contributed by atoms with Gasteiger partial charge in [0.25, 0.3) is 5.91 Å². The van der Waals surface area contributed by atoms with Crippen molar-refractivity contribution >= 4 is 39.4 Å². The fraction of sp³-hybridized carbons (Fsp3) is 0.304. The van der Waals surface area contributed by atoms with Crippen LogP contribution in [-0.2, 0) is 0 Å². The van der Waals surface area contributed by atoms with Gasteiger partial charge < -0.3 is 20.1 Å². The average Bonchev–Trinajstić information content (AvgIpc) is 3.25. The molecule has 5 rings (SSSR count). The SMILES string of the molecule is CC(C)c1noc2ccc3cnc(Nc4ccc(C(=O)N5CCNCC5)cc4)nc3c12. The van der Waals surface area contributed by atoms with Crippen LogP contribution in [0.25, 0.3) is 21.9 Å². The summed E-state index contributed by atoms with van der Waals surface area (Å²) in [6.45, 7) is 7.31. The Morgan fingerprint density at radius 2 is 1.90 bits per heavy atom. The highest BCUT2D eigenvalue weighted by Gasteiger charge is 2.18. The molecule has 0 bridgehead atoms. The minimum Gasteiger partial charge on any atom is -0.356 e. The van der Waals surface area contributed by atoms with Gasteiger partial charge in [0.1, 0.15) is 0 Å². The van der Waals surface area contributed by atoms with Crippen LogP contribution in [0.3, 0.4) is 0 Å². The maximum atomic E-state index is 12.6. The Labute approximate surface area is 179 Å². The molecule has 1 fully saturated rings. The predicted molar refractivity (Wildman–Crippen MR) is 120 cm³/mol. The van der Waals surface area contributed by atoms with Crippen molar-refractivity contribution in [1.29, 1.82) is 0 Å². The molecule has 1 aliphatic rings. The normalized spacial score (nSPS) is 14.5. The number of hydrogen-bond acceptors (Lipinski definition) is 7. The largest absolute Gasteiger partial charge is 0.356 e. The zero-order chi connectivity index (χ0) is 21.4. The van der Waals surface area contributed by atoms with Crippen molar-refractivity contribution in [3.63, 3.8) is 0 Å². The molecule has 8 heteroatoms. The molecular formula is C23H24N6O2. The molecule has 158 valence electrons. The van der Waals surface area contributed by atoms with Crippen LogP contribution in [0.5, 0.6) is 0 Å². The maximum Gasteiger partial charge on any atom is 0.253 e. The molecule has 0 radical (unpaired) electrons. The Hall–Kier alpha value is -3.52. The van der Waals surface area contributed by atoms with E-state index >= 15 is 0 Å². The summed E-state index contributed by atoms with van der Waals surface area (Å²) in [6.07, 6.45) is 1.80. The summed E-state index contributed by atoms with van der Waals surface area (Å²) >= 11 is 0. The lowest BCUT2D eigenvalue weighted by molar-refractivity contribution is 0.0736. The molecule has 3 heterocycles. The molecule has 0 atom stereocenters. The van der Waals surface area contributed by atoms with Gasteiger partial charge in [0.05, 0.1) is 16.6 Å². The Balaban J connectivity index is 1.42. The second kappa shape index (κ2) is 7.96. The summed E-state index contributed by atoms with van der Waals surface area (Å²) < 4.78 is 5.49. The van der Waals surface area contributed by atoms with Gasteiger partial charge in [-0.2, -0.15) is 0 Å². The van der Waals surface area contributed by atoms with Crippen molar-refractivity contribution in [1.82, 2.24) is 25.3 Å². The Morgan fingerprint density at radius 3 is 2.65 bits per heavy atom. The van der Waals surface area contributed by atoms with Gasteiger partial charge in [0.2, 0.25) is 5.95 Å². The summed E-state index contributed by atoms with van der Waals surface area (Å²) in [4.78, 5) is 23.7. The maximum absolute atomic E-state index is 12.6. The fourth-order valence-electron chi connectivity index (χ4n) is 3.88. The van der Waals surface area contributed by atoms with E-state index in [1.807, 2.05) is 41.3 Å². The smallest absolute Gasteiger partial charge is 0.253 e. The molecule has 0 spiro atoms. The quantitative estimate of drug-likeness (QED) is 0.524. The van der Waals surface area contributed by atoms with Crippen LogP contribution < -0.4 is 10.6 Å². The minimum absolute atomic E-state index is 0.0612. The lowest BCUT2D eigenvalue weighted by Gasteiger charge is -2.27. The lowest BCUT2D eigenvalue weighted by Crippen LogP contribution is -2.46. The van der Waals surface area contributed by atoms with Crippen molar-refractivity contribution in [3.05, 3.63) is 53.9 Å². The average molecular weight is 416 g/mol. The highest BCUT2D eigenvalue weighted by molar-refractivity contribution is 6.04. The summed E-state index contributed by atoms with van der Waals surface area (Å²) in [5.41, 5.74) is 3.92. The van der Waals surface area contributed by atoms with E-state index in [9.17, 15) is 4.79 Å². The molecule has 0 unspecified atom stereocenters. The summed E-state index contributed by atoms with van der Waals surface area (Å²) in [6, 6.07) is 11.3. The first-order chi connectivity index (χ1) is 15.1. The van der Waals surface area contributed by atoms with E-state index in [1.165, 1.54) is 0 Å². The number of nitrogens with zero attached hydrogens (tertiary/aromatic N) is 4. The van der Waals surface area contributed by atoms with Gasteiger partial charge in [-0.05, 0) is 42.3 Å². The highest BCUT2D eigenvalue weighted by atomic mass is 16.5. The van der Waals surface area contributed by atoms with Gasteiger partial charge in [0, 0.05) is 49.0 Å². The van der Waals surface area contributed by atoms with Gasteiger partial charge in [0.15, 0.2) is 5.58 Å². The number of rotatable bonds is 4. The second-order valence-corrected chi connectivity index (χ2v) is 8.04. The summed E-state index contributed by atoms with van der Waals surface area (Å²) in [7, 11) is 0. The van der Waals surface area contributed by atoms with E-state index in [-0.39, 0.29) is 11.8 Å². The van der Waals surface area contributed by atoms with Gasteiger partial charge in [-0.3, -0.25) is 4.79 Å². The van der Waals surface area contributed by atoms with Crippen molar-refractivity contribution < 1.29 is 9.32 Å². The van der Waals surface area contributed by atoms with Crippen molar-refractivity contribution in [2.45, 2.75) is 19.8 Å². The van der Waals surface area contributed by atoms with Crippen molar-refractivity contribution in [2.24, 2.45) is 0 Å². The highest BCUT2D eigenvalue weighted by Crippen LogP contribution is 2.31. The van der Waals surface area contributed by atoms with E-state index in [0.717, 1.165) is 59.4 Å². The number of carbonyl (C=O) groups is 1. The number of piperazine rings is 1. The van der Waals surface area contributed by atoms with E-state index in [4.69, 9.17) is 9.51 Å².